The number of amides is 1. The zero-order valence-electron chi connectivity index (χ0n) is 15.6. The zero-order valence-corrected chi connectivity index (χ0v) is 16.4. The minimum absolute atomic E-state index is 0. The third-order valence-electron chi connectivity index (χ3n) is 4.69. The summed E-state index contributed by atoms with van der Waals surface area (Å²) in [6.45, 7) is 0.430. The van der Waals surface area contributed by atoms with Gasteiger partial charge in [0.1, 0.15) is 11.5 Å². The van der Waals surface area contributed by atoms with Gasteiger partial charge < -0.3 is 20.5 Å². The average Bonchev–Trinajstić information content (AvgIpc) is 3.15. The zero-order chi connectivity index (χ0) is 18.4. The summed E-state index contributed by atoms with van der Waals surface area (Å²) in [5.41, 5.74) is 8.27. The van der Waals surface area contributed by atoms with Gasteiger partial charge in [0.25, 0.3) is 0 Å². The topological polar surface area (TPSA) is 73.6 Å². The molecule has 0 aromatic heterocycles. The molecule has 0 bridgehead atoms. The number of carbonyl (C=O) groups is 1. The fraction of sp³-hybridized carbons (Fsp3) is 0.381. The number of methoxy groups -OCH3 is 1. The highest BCUT2D eigenvalue weighted by Gasteiger charge is 2.18. The Morgan fingerprint density at radius 2 is 1.85 bits per heavy atom. The van der Waals surface area contributed by atoms with Crippen molar-refractivity contribution in [2.24, 2.45) is 0 Å². The van der Waals surface area contributed by atoms with Gasteiger partial charge in [0, 0.05) is 23.9 Å². The van der Waals surface area contributed by atoms with Crippen molar-refractivity contribution in [2.75, 3.05) is 12.8 Å². The Morgan fingerprint density at radius 1 is 1.15 bits per heavy atom. The minimum atomic E-state index is -0.0302. The van der Waals surface area contributed by atoms with Gasteiger partial charge in [0.15, 0.2) is 0 Å². The van der Waals surface area contributed by atoms with E-state index in [4.69, 9.17) is 15.2 Å². The van der Waals surface area contributed by atoms with Crippen LogP contribution in [-0.4, -0.2) is 19.1 Å². The number of hydrogen-bond donors (Lipinski definition) is 2. The van der Waals surface area contributed by atoms with Gasteiger partial charge in [0.05, 0.1) is 19.6 Å². The summed E-state index contributed by atoms with van der Waals surface area (Å²) in [5.74, 6) is 1.52. The Bertz CT molecular complexity index is 744. The van der Waals surface area contributed by atoms with Crippen molar-refractivity contribution in [2.45, 2.75) is 44.8 Å². The Balaban J connectivity index is 0.00000261. The highest BCUT2D eigenvalue weighted by molar-refractivity contribution is 5.85. The van der Waals surface area contributed by atoms with E-state index in [2.05, 4.69) is 5.32 Å². The largest absolute Gasteiger partial charge is 0.497 e. The van der Waals surface area contributed by atoms with Crippen molar-refractivity contribution < 1.29 is 14.3 Å². The molecule has 3 N–H and O–H groups in total. The maximum Gasteiger partial charge on any atom is 0.224 e. The summed E-state index contributed by atoms with van der Waals surface area (Å²) in [6, 6.07) is 13.1. The van der Waals surface area contributed by atoms with Gasteiger partial charge in [-0.1, -0.05) is 12.1 Å². The van der Waals surface area contributed by atoms with Gasteiger partial charge in [-0.25, -0.2) is 0 Å². The molecule has 2 aromatic carbocycles. The molecular formula is C21H27ClN2O3. The van der Waals surface area contributed by atoms with Gasteiger partial charge >= 0.3 is 0 Å². The molecule has 27 heavy (non-hydrogen) atoms. The fourth-order valence-electron chi connectivity index (χ4n) is 3.18. The predicted octanol–water partition coefficient (Wildman–Crippen LogP) is 3.88. The van der Waals surface area contributed by atoms with Crippen LogP contribution in [0.3, 0.4) is 0 Å². The Morgan fingerprint density at radius 3 is 2.52 bits per heavy atom. The Labute approximate surface area is 166 Å². The lowest BCUT2D eigenvalue weighted by Crippen LogP contribution is -2.25. The number of anilines is 1. The molecule has 3 rings (SSSR count). The van der Waals surface area contributed by atoms with E-state index in [1.807, 2.05) is 30.3 Å². The second-order valence-electron chi connectivity index (χ2n) is 6.69. The lowest BCUT2D eigenvalue weighted by Gasteiger charge is -2.18. The smallest absolute Gasteiger partial charge is 0.224 e. The molecule has 1 saturated carbocycles. The van der Waals surface area contributed by atoms with E-state index in [-0.39, 0.29) is 24.4 Å². The third-order valence-corrected chi connectivity index (χ3v) is 4.69. The Kier molecular flexibility index (Phi) is 7.80. The van der Waals surface area contributed by atoms with Crippen molar-refractivity contribution in [3.05, 3.63) is 53.6 Å². The van der Waals surface area contributed by atoms with Crippen LogP contribution in [0.1, 0.15) is 36.8 Å². The maximum absolute atomic E-state index is 12.2. The molecule has 0 radical (unpaired) electrons. The average molecular weight is 391 g/mol. The van der Waals surface area contributed by atoms with Crippen LogP contribution in [0.2, 0.25) is 0 Å². The molecule has 1 fully saturated rings. The predicted molar refractivity (Wildman–Crippen MR) is 110 cm³/mol. The maximum atomic E-state index is 12.2. The number of rotatable bonds is 7. The lowest BCUT2D eigenvalue weighted by atomic mass is 10.1. The van der Waals surface area contributed by atoms with Crippen LogP contribution in [0.25, 0.3) is 0 Å². The molecule has 0 unspecified atom stereocenters. The lowest BCUT2D eigenvalue weighted by molar-refractivity contribution is -0.120. The standard InChI is InChI=1S/C21H26N2O3.ClH/c1-25-19-11-8-16(20(13-19)26-18-4-2-3-5-18)14-23-21(24)12-15-6-9-17(22)10-7-15;/h6-11,13,18H,2-5,12,14,22H2,1H3,(H,23,24);1H. The van der Waals surface area contributed by atoms with Gasteiger partial charge in [-0.3, -0.25) is 4.79 Å². The van der Waals surface area contributed by atoms with E-state index in [0.717, 1.165) is 35.5 Å². The molecule has 2 aromatic rings. The van der Waals surface area contributed by atoms with E-state index in [0.29, 0.717) is 18.7 Å². The quantitative estimate of drug-likeness (QED) is 0.703. The van der Waals surface area contributed by atoms with E-state index in [9.17, 15) is 4.79 Å². The van der Waals surface area contributed by atoms with Crippen molar-refractivity contribution in [3.8, 4) is 11.5 Å². The molecule has 0 aliphatic heterocycles. The van der Waals surface area contributed by atoms with Crippen LogP contribution >= 0.6 is 12.4 Å². The molecule has 1 aliphatic rings. The van der Waals surface area contributed by atoms with E-state index in [1.165, 1.54) is 12.8 Å². The van der Waals surface area contributed by atoms with Crippen LogP contribution in [0.5, 0.6) is 11.5 Å². The van der Waals surface area contributed by atoms with Crippen LogP contribution < -0.4 is 20.5 Å². The van der Waals surface area contributed by atoms with Crippen LogP contribution in [0.15, 0.2) is 42.5 Å². The van der Waals surface area contributed by atoms with Gasteiger partial charge in [0.2, 0.25) is 5.91 Å². The third kappa shape index (κ3) is 6.07. The molecule has 1 amide bonds. The normalized spacial score (nSPS) is 13.7. The summed E-state index contributed by atoms with van der Waals surface area (Å²) in [7, 11) is 1.64. The van der Waals surface area contributed by atoms with Crippen molar-refractivity contribution in [1.82, 2.24) is 5.32 Å². The van der Waals surface area contributed by atoms with Gasteiger partial charge in [-0.05, 0) is 55.5 Å². The summed E-state index contributed by atoms with van der Waals surface area (Å²) < 4.78 is 11.5. The molecular weight excluding hydrogens is 364 g/mol. The van der Waals surface area contributed by atoms with E-state index in [1.54, 1.807) is 19.2 Å². The monoisotopic (exact) mass is 390 g/mol. The highest BCUT2D eigenvalue weighted by Crippen LogP contribution is 2.30. The summed E-state index contributed by atoms with van der Waals surface area (Å²) in [6.07, 6.45) is 5.17. The first kappa shape index (κ1) is 20.9. The molecule has 146 valence electrons. The van der Waals surface area contributed by atoms with Crippen LogP contribution in [0, 0.1) is 0 Å². The first-order chi connectivity index (χ1) is 12.6. The molecule has 0 saturated heterocycles. The molecule has 0 spiro atoms. The molecule has 0 atom stereocenters. The summed E-state index contributed by atoms with van der Waals surface area (Å²) in [5, 5.41) is 2.97. The van der Waals surface area contributed by atoms with Crippen molar-refractivity contribution >= 4 is 24.0 Å². The second kappa shape index (κ2) is 10.1. The number of carbonyl (C=O) groups excluding carboxylic acids is 1. The van der Waals surface area contributed by atoms with Gasteiger partial charge in [-0.15, -0.1) is 12.4 Å². The molecule has 5 nitrogen and oxygen atoms in total. The van der Waals surface area contributed by atoms with E-state index < -0.39 is 0 Å². The number of hydrogen-bond acceptors (Lipinski definition) is 4. The summed E-state index contributed by atoms with van der Waals surface area (Å²) >= 11 is 0. The second-order valence-corrected chi connectivity index (χ2v) is 6.69. The number of benzene rings is 2. The SMILES string of the molecule is COc1ccc(CNC(=O)Cc2ccc(N)cc2)c(OC2CCCC2)c1.Cl. The fourth-order valence-corrected chi connectivity index (χ4v) is 3.18. The molecule has 1 aliphatic carbocycles. The molecule has 6 heteroatoms. The first-order valence-electron chi connectivity index (χ1n) is 9.09. The van der Waals surface area contributed by atoms with Crippen molar-refractivity contribution in [3.63, 3.8) is 0 Å². The minimum Gasteiger partial charge on any atom is -0.497 e. The summed E-state index contributed by atoms with van der Waals surface area (Å²) in [4.78, 5) is 12.2. The van der Waals surface area contributed by atoms with Crippen LogP contribution in [0.4, 0.5) is 5.69 Å². The molecule has 0 heterocycles. The Hall–Kier alpha value is -2.40. The van der Waals surface area contributed by atoms with E-state index >= 15 is 0 Å². The van der Waals surface area contributed by atoms with Crippen molar-refractivity contribution in [1.29, 1.82) is 0 Å². The number of nitrogen functional groups attached to an aromatic ring is 1. The first-order valence-corrected chi connectivity index (χ1v) is 9.09. The number of ether oxygens (including phenoxy) is 2. The number of nitrogens with one attached hydrogen (secondary N) is 1. The van der Waals surface area contributed by atoms with Gasteiger partial charge in [-0.2, -0.15) is 0 Å². The highest BCUT2D eigenvalue weighted by atomic mass is 35.5. The number of halogens is 1. The number of nitrogens with two attached hydrogens (primary N) is 1. The van der Waals surface area contributed by atoms with Crippen LogP contribution in [-0.2, 0) is 17.8 Å².